The van der Waals surface area contributed by atoms with E-state index in [9.17, 15) is 9.59 Å². The minimum absolute atomic E-state index is 0.0240. The number of pyridine rings is 1. The molecular weight excluding hydrogens is 370 g/mol. The third-order valence-corrected chi connectivity index (χ3v) is 5.46. The quantitative estimate of drug-likeness (QED) is 0.754. The molecule has 0 bridgehead atoms. The summed E-state index contributed by atoms with van der Waals surface area (Å²) in [4.78, 5) is 34.0. The van der Waals surface area contributed by atoms with Gasteiger partial charge in [0.2, 0.25) is 0 Å². The van der Waals surface area contributed by atoms with Crippen LogP contribution >= 0.6 is 23.4 Å². The topological polar surface area (TPSA) is 53.5 Å². The van der Waals surface area contributed by atoms with Gasteiger partial charge in [0, 0.05) is 49.0 Å². The Balaban J connectivity index is 1.70. The SMILES string of the molecule is CSc1ccc(Cl)c(C(=O)N2CCCN(C(=O)c3ccncc3)CC2)c1. The Morgan fingerprint density at radius 1 is 1.00 bits per heavy atom. The van der Waals surface area contributed by atoms with Gasteiger partial charge in [0.1, 0.15) is 0 Å². The van der Waals surface area contributed by atoms with Crippen molar-refractivity contribution >= 4 is 35.2 Å². The standard InChI is InChI=1S/C19H20ClN3O2S/c1-26-15-3-4-17(20)16(13-15)19(25)23-10-2-9-22(11-12-23)18(24)14-5-7-21-8-6-14/h3-8,13H,2,9-12H2,1H3. The molecule has 0 N–H and O–H groups in total. The summed E-state index contributed by atoms with van der Waals surface area (Å²) in [5.41, 5.74) is 1.14. The number of halogens is 1. The van der Waals surface area contributed by atoms with Gasteiger partial charge < -0.3 is 9.80 Å². The van der Waals surface area contributed by atoms with E-state index in [2.05, 4.69) is 4.98 Å². The van der Waals surface area contributed by atoms with E-state index in [0.717, 1.165) is 11.3 Å². The molecule has 1 aromatic carbocycles. The molecule has 5 nitrogen and oxygen atoms in total. The van der Waals surface area contributed by atoms with Crippen molar-refractivity contribution in [2.45, 2.75) is 11.3 Å². The van der Waals surface area contributed by atoms with E-state index in [4.69, 9.17) is 11.6 Å². The van der Waals surface area contributed by atoms with Gasteiger partial charge in [-0.3, -0.25) is 14.6 Å². The molecule has 1 aromatic heterocycles. The maximum atomic E-state index is 12.9. The number of hydrogen-bond donors (Lipinski definition) is 0. The Bertz CT molecular complexity index is 801. The van der Waals surface area contributed by atoms with E-state index >= 15 is 0 Å². The number of rotatable bonds is 3. The first-order chi connectivity index (χ1) is 12.6. The predicted octanol–water partition coefficient (Wildman–Crippen LogP) is 3.45. The molecular formula is C19H20ClN3O2S. The van der Waals surface area contributed by atoms with Crippen molar-refractivity contribution in [2.24, 2.45) is 0 Å². The number of benzene rings is 1. The Kier molecular flexibility index (Phi) is 6.16. The highest BCUT2D eigenvalue weighted by molar-refractivity contribution is 7.98. The molecule has 0 atom stereocenters. The molecule has 1 aliphatic heterocycles. The molecule has 1 aliphatic rings. The second-order valence-electron chi connectivity index (χ2n) is 6.02. The van der Waals surface area contributed by atoms with Crippen LogP contribution in [0.15, 0.2) is 47.6 Å². The average Bonchev–Trinajstić information content (AvgIpc) is 2.94. The Morgan fingerprint density at radius 3 is 2.31 bits per heavy atom. The number of amides is 2. The highest BCUT2D eigenvalue weighted by atomic mass is 35.5. The van der Waals surface area contributed by atoms with E-state index in [1.54, 1.807) is 52.2 Å². The summed E-state index contributed by atoms with van der Waals surface area (Å²) >= 11 is 7.81. The third kappa shape index (κ3) is 4.19. The maximum Gasteiger partial charge on any atom is 0.255 e. The van der Waals surface area contributed by atoms with Crippen LogP contribution in [0.25, 0.3) is 0 Å². The first-order valence-corrected chi connectivity index (χ1v) is 10.0. The van der Waals surface area contributed by atoms with Crippen LogP contribution in [-0.2, 0) is 0 Å². The molecule has 0 unspecified atom stereocenters. The van der Waals surface area contributed by atoms with Gasteiger partial charge in [0.05, 0.1) is 10.6 Å². The lowest BCUT2D eigenvalue weighted by Crippen LogP contribution is -2.37. The molecule has 7 heteroatoms. The number of hydrogen-bond acceptors (Lipinski definition) is 4. The van der Waals surface area contributed by atoms with Gasteiger partial charge in [-0.05, 0) is 43.0 Å². The van der Waals surface area contributed by atoms with E-state index in [1.165, 1.54) is 0 Å². The zero-order valence-corrected chi connectivity index (χ0v) is 16.1. The smallest absolute Gasteiger partial charge is 0.255 e. The lowest BCUT2D eigenvalue weighted by atomic mass is 10.2. The lowest BCUT2D eigenvalue weighted by molar-refractivity contribution is 0.0718. The van der Waals surface area contributed by atoms with E-state index in [1.807, 2.05) is 18.4 Å². The van der Waals surface area contributed by atoms with Crippen molar-refractivity contribution in [2.75, 3.05) is 32.4 Å². The summed E-state index contributed by atoms with van der Waals surface area (Å²) in [7, 11) is 0. The summed E-state index contributed by atoms with van der Waals surface area (Å²) in [6.07, 6.45) is 5.93. The fourth-order valence-electron chi connectivity index (χ4n) is 2.97. The van der Waals surface area contributed by atoms with Gasteiger partial charge in [-0.25, -0.2) is 0 Å². The van der Waals surface area contributed by atoms with Crippen LogP contribution in [0.3, 0.4) is 0 Å². The van der Waals surface area contributed by atoms with Gasteiger partial charge in [-0.15, -0.1) is 11.8 Å². The molecule has 0 aliphatic carbocycles. The highest BCUT2D eigenvalue weighted by Crippen LogP contribution is 2.24. The first-order valence-electron chi connectivity index (χ1n) is 8.42. The van der Waals surface area contributed by atoms with Gasteiger partial charge in [0.25, 0.3) is 11.8 Å². The van der Waals surface area contributed by atoms with Gasteiger partial charge in [-0.2, -0.15) is 0 Å². The highest BCUT2D eigenvalue weighted by Gasteiger charge is 2.24. The molecule has 0 spiro atoms. The van der Waals surface area contributed by atoms with Crippen molar-refractivity contribution in [3.63, 3.8) is 0 Å². The monoisotopic (exact) mass is 389 g/mol. The molecule has 136 valence electrons. The number of carbonyl (C=O) groups is 2. The number of thioether (sulfide) groups is 1. The molecule has 2 amide bonds. The minimum Gasteiger partial charge on any atom is -0.337 e. The van der Waals surface area contributed by atoms with Crippen LogP contribution in [0.4, 0.5) is 0 Å². The molecule has 0 saturated carbocycles. The molecule has 3 rings (SSSR count). The second kappa shape index (κ2) is 8.56. The Labute approximate surface area is 162 Å². The van der Waals surface area contributed by atoms with Crippen LogP contribution in [0, 0.1) is 0 Å². The van der Waals surface area contributed by atoms with Crippen LogP contribution in [0.5, 0.6) is 0 Å². The summed E-state index contributed by atoms with van der Waals surface area (Å²) in [6.45, 7) is 2.24. The van der Waals surface area contributed by atoms with Crippen LogP contribution in [0.1, 0.15) is 27.1 Å². The first kappa shape index (κ1) is 18.7. The van der Waals surface area contributed by atoms with Gasteiger partial charge in [0.15, 0.2) is 0 Å². The Hall–Kier alpha value is -2.05. The largest absolute Gasteiger partial charge is 0.337 e. The van der Waals surface area contributed by atoms with E-state index < -0.39 is 0 Å². The fraction of sp³-hybridized carbons (Fsp3) is 0.316. The van der Waals surface area contributed by atoms with Crippen LogP contribution in [-0.4, -0.2) is 59.0 Å². The van der Waals surface area contributed by atoms with Gasteiger partial charge >= 0.3 is 0 Å². The van der Waals surface area contributed by atoms with Crippen molar-refractivity contribution in [1.29, 1.82) is 0 Å². The van der Waals surface area contributed by atoms with Crippen molar-refractivity contribution in [3.05, 3.63) is 58.9 Å². The molecule has 1 saturated heterocycles. The second-order valence-corrected chi connectivity index (χ2v) is 7.31. The lowest BCUT2D eigenvalue weighted by Gasteiger charge is -2.23. The van der Waals surface area contributed by atoms with Crippen molar-refractivity contribution in [3.8, 4) is 0 Å². The summed E-state index contributed by atoms with van der Waals surface area (Å²) < 4.78 is 0. The van der Waals surface area contributed by atoms with Crippen molar-refractivity contribution in [1.82, 2.24) is 14.8 Å². The average molecular weight is 390 g/mol. The van der Waals surface area contributed by atoms with Gasteiger partial charge in [-0.1, -0.05) is 11.6 Å². The molecule has 2 aromatic rings. The summed E-state index contributed by atoms with van der Waals surface area (Å²) in [5, 5.41) is 0.460. The normalized spacial score (nSPS) is 14.8. The van der Waals surface area contributed by atoms with E-state index in [-0.39, 0.29) is 11.8 Å². The minimum atomic E-state index is -0.0795. The zero-order chi connectivity index (χ0) is 18.5. The number of aromatic nitrogens is 1. The Morgan fingerprint density at radius 2 is 1.65 bits per heavy atom. The molecule has 0 radical (unpaired) electrons. The maximum absolute atomic E-state index is 12.9. The molecule has 2 heterocycles. The zero-order valence-electron chi connectivity index (χ0n) is 14.5. The third-order valence-electron chi connectivity index (χ3n) is 4.40. The summed E-state index contributed by atoms with van der Waals surface area (Å²) in [5.74, 6) is -0.103. The molecule has 26 heavy (non-hydrogen) atoms. The fourth-order valence-corrected chi connectivity index (χ4v) is 3.60. The summed E-state index contributed by atoms with van der Waals surface area (Å²) in [6, 6.07) is 8.92. The number of carbonyl (C=O) groups excluding carboxylic acids is 2. The van der Waals surface area contributed by atoms with Crippen LogP contribution < -0.4 is 0 Å². The van der Waals surface area contributed by atoms with E-state index in [0.29, 0.717) is 42.3 Å². The number of nitrogens with zero attached hydrogens (tertiary/aromatic N) is 3. The molecule has 1 fully saturated rings. The van der Waals surface area contributed by atoms with Crippen LogP contribution in [0.2, 0.25) is 5.02 Å². The van der Waals surface area contributed by atoms with Crippen molar-refractivity contribution < 1.29 is 9.59 Å². The predicted molar refractivity (Wildman–Crippen MR) is 104 cm³/mol.